The van der Waals surface area contributed by atoms with Gasteiger partial charge >= 0.3 is 0 Å². The molecule has 0 amide bonds. The molecule has 2 heteroatoms. The minimum Gasteiger partial charge on any atom is -0.237 e. The normalized spacial score (nSPS) is 14.7. The monoisotopic (exact) mass is 452 g/mol. The third-order valence-corrected chi connectivity index (χ3v) is 8.04. The highest BCUT2D eigenvalue weighted by molar-refractivity contribution is 6.26. The van der Waals surface area contributed by atoms with Gasteiger partial charge in [0.05, 0.1) is 0 Å². The molecule has 6 aromatic rings. The standard InChI is InChI=1S/C33H28N2/c1-32(2,3)23-15-19-7-8-21-17-27-30(25-12-9-20(16-23)28(19)29(21)25)24-11-10-22(18-26(24)33(27,4)5)31-34-13-6-14-35-31/h6-18H,1-5H3. The fourth-order valence-electron chi connectivity index (χ4n) is 6.12. The lowest BCUT2D eigenvalue weighted by Gasteiger charge is -2.24. The second-order valence-corrected chi connectivity index (χ2v) is 11.6. The summed E-state index contributed by atoms with van der Waals surface area (Å²) in [4.78, 5) is 8.99. The Morgan fingerprint density at radius 2 is 1.34 bits per heavy atom. The van der Waals surface area contributed by atoms with E-state index in [4.69, 9.17) is 0 Å². The highest BCUT2D eigenvalue weighted by Gasteiger charge is 2.37. The Morgan fingerprint density at radius 1 is 0.686 bits per heavy atom. The van der Waals surface area contributed by atoms with Crippen LogP contribution in [0, 0.1) is 0 Å². The van der Waals surface area contributed by atoms with Crippen molar-refractivity contribution in [2.45, 2.75) is 45.4 Å². The third-order valence-electron chi connectivity index (χ3n) is 8.04. The molecule has 0 aliphatic heterocycles. The van der Waals surface area contributed by atoms with Crippen LogP contribution in [0.5, 0.6) is 0 Å². The highest BCUT2D eigenvalue weighted by Crippen LogP contribution is 2.54. The van der Waals surface area contributed by atoms with Crippen LogP contribution in [-0.2, 0) is 10.8 Å². The summed E-state index contributed by atoms with van der Waals surface area (Å²) in [5, 5.41) is 8.12. The molecule has 1 aliphatic carbocycles. The molecule has 1 aromatic heterocycles. The van der Waals surface area contributed by atoms with E-state index < -0.39 is 0 Å². The van der Waals surface area contributed by atoms with Crippen molar-refractivity contribution in [3.05, 3.63) is 95.8 Å². The van der Waals surface area contributed by atoms with E-state index in [0.29, 0.717) is 0 Å². The number of hydrogen-bond donors (Lipinski definition) is 0. The molecule has 1 aliphatic rings. The molecule has 0 saturated heterocycles. The van der Waals surface area contributed by atoms with Gasteiger partial charge in [0.1, 0.15) is 0 Å². The topological polar surface area (TPSA) is 25.8 Å². The minimum absolute atomic E-state index is 0.0979. The Bertz CT molecular complexity index is 1770. The molecule has 0 radical (unpaired) electrons. The van der Waals surface area contributed by atoms with Crippen molar-refractivity contribution in [3.63, 3.8) is 0 Å². The first-order valence-electron chi connectivity index (χ1n) is 12.4. The maximum absolute atomic E-state index is 4.49. The van der Waals surface area contributed by atoms with E-state index in [-0.39, 0.29) is 10.8 Å². The van der Waals surface area contributed by atoms with E-state index in [1.54, 1.807) is 0 Å². The van der Waals surface area contributed by atoms with Gasteiger partial charge in [0.25, 0.3) is 0 Å². The van der Waals surface area contributed by atoms with E-state index in [9.17, 15) is 0 Å². The molecule has 7 rings (SSSR count). The first kappa shape index (κ1) is 20.6. The number of rotatable bonds is 1. The molecule has 2 nitrogen and oxygen atoms in total. The number of benzene rings is 5. The zero-order chi connectivity index (χ0) is 24.1. The fraction of sp³-hybridized carbons (Fsp3) is 0.212. The molecular formula is C33H28N2. The molecule has 1 heterocycles. The molecule has 0 unspecified atom stereocenters. The van der Waals surface area contributed by atoms with Crippen LogP contribution in [0.1, 0.15) is 51.3 Å². The van der Waals surface area contributed by atoms with Crippen molar-refractivity contribution >= 4 is 32.3 Å². The molecule has 170 valence electrons. The summed E-state index contributed by atoms with van der Waals surface area (Å²) in [5.41, 5.74) is 7.94. The van der Waals surface area contributed by atoms with Crippen molar-refractivity contribution in [1.82, 2.24) is 9.97 Å². The first-order chi connectivity index (χ1) is 16.7. The molecular weight excluding hydrogens is 424 g/mol. The summed E-state index contributed by atoms with van der Waals surface area (Å²) in [6.07, 6.45) is 3.62. The van der Waals surface area contributed by atoms with Crippen molar-refractivity contribution < 1.29 is 0 Å². The average molecular weight is 453 g/mol. The van der Waals surface area contributed by atoms with E-state index in [2.05, 4.69) is 105 Å². The van der Waals surface area contributed by atoms with Gasteiger partial charge in [0, 0.05) is 23.4 Å². The number of fused-ring (bicyclic) bond motifs is 4. The van der Waals surface area contributed by atoms with E-state index >= 15 is 0 Å². The number of nitrogens with zero attached hydrogens (tertiary/aromatic N) is 2. The van der Waals surface area contributed by atoms with Crippen LogP contribution in [-0.4, -0.2) is 9.97 Å². The molecule has 0 fully saturated rings. The second kappa shape index (κ2) is 6.66. The Hall–Kier alpha value is -3.78. The molecule has 0 spiro atoms. The van der Waals surface area contributed by atoms with Crippen LogP contribution in [0.15, 0.2) is 79.1 Å². The van der Waals surface area contributed by atoms with Gasteiger partial charge < -0.3 is 0 Å². The molecule has 0 N–H and O–H groups in total. The minimum atomic E-state index is -0.0979. The quantitative estimate of drug-likeness (QED) is 0.233. The Labute approximate surface area is 206 Å². The average Bonchev–Trinajstić information content (AvgIpc) is 3.08. The summed E-state index contributed by atoms with van der Waals surface area (Å²) in [6, 6.07) is 25.1. The first-order valence-corrected chi connectivity index (χ1v) is 12.4. The van der Waals surface area contributed by atoms with Crippen LogP contribution >= 0.6 is 0 Å². The smallest absolute Gasteiger partial charge is 0.159 e. The van der Waals surface area contributed by atoms with Crippen LogP contribution in [0.3, 0.4) is 0 Å². The third kappa shape index (κ3) is 2.77. The summed E-state index contributed by atoms with van der Waals surface area (Å²) >= 11 is 0. The van der Waals surface area contributed by atoms with Gasteiger partial charge in [-0.3, -0.25) is 0 Å². The lowest BCUT2D eigenvalue weighted by molar-refractivity contribution is 0.591. The molecule has 5 aromatic carbocycles. The van der Waals surface area contributed by atoms with E-state index in [1.165, 1.54) is 60.1 Å². The second-order valence-electron chi connectivity index (χ2n) is 11.6. The van der Waals surface area contributed by atoms with Crippen LogP contribution in [0.25, 0.3) is 54.8 Å². The predicted octanol–water partition coefficient (Wildman–Crippen LogP) is 8.64. The van der Waals surface area contributed by atoms with E-state index in [0.717, 1.165) is 11.4 Å². The van der Waals surface area contributed by atoms with Crippen molar-refractivity contribution in [1.29, 1.82) is 0 Å². The zero-order valence-electron chi connectivity index (χ0n) is 20.9. The molecule has 0 atom stereocenters. The van der Waals surface area contributed by atoms with Crippen LogP contribution in [0.4, 0.5) is 0 Å². The Morgan fingerprint density at radius 3 is 2.03 bits per heavy atom. The van der Waals surface area contributed by atoms with Gasteiger partial charge in [0.15, 0.2) is 5.82 Å². The van der Waals surface area contributed by atoms with E-state index in [1.807, 2.05) is 18.5 Å². The predicted molar refractivity (Wildman–Crippen MR) is 147 cm³/mol. The maximum atomic E-state index is 4.49. The number of aromatic nitrogens is 2. The lowest BCUT2D eigenvalue weighted by Crippen LogP contribution is -2.15. The summed E-state index contributed by atoms with van der Waals surface area (Å²) in [6.45, 7) is 11.6. The van der Waals surface area contributed by atoms with Crippen LogP contribution in [0.2, 0.25) is 0 Å². The SMILES string of the molecule is CC(C)(C)c1cc2ccc3cc4c(c5ccc(c1)c2c35)-c1ccc(-c2ncccn2)cc1C4(C)C. The van der Waals surface area contributed by atoms with Gasteiger partial charge in [-0.2, -0.15) is 0 Å². The van der Waals surface area contributed by atoms with Crippen molar-refractivity contribution in [3.8, 4) is 22.5 Å². The molecule has 0 bridgehead atoms. The van der Waals surface area contributed by atoms with Crippen LogP contribution < -0.4 is 0 Å². The van der Waals surface area contributed by atoms with Gasteiger partial charge in [-0.05, 0) is 83.7 Å². The van der Waals surface area contributed by atoms with Gasteiger partial charge in [-0.15, -0.1) is 0 Å². The Balaban J connectivity index is 1.55. The highest BCUT2D eigenvalue weighted by atomic mass is 14.8. The maximum Gasteiger partial charge on any atom is 0.159 e. The van der Waals surface area contributed by atoms with Gasteiger partial charge in [-0.1, -0.05) is 83.1 Å². The van der Waals surface area contributed by atoms with Gasteiger partial charge in [-0.25, -0.2) is 9.97 Å². The fourth-order valence-corrected chi connectivity index (χ4v) is 6.12. The van der Waals surface area contributed by atoms with Crippen molar-refractivity contribution in [2.24, 2.45) is 0 Å². The Kier molecular flexibility index (Phi) is 3.92. The lowest BCUT2D eigenvalue weighted by atomic mass is 9.79. The number of hydrogen-bond acceptors (Lipinski definition) is 2. The zero-order valence-corrected chi connectivity index (χ0v) is 20.9. The largest absolute Gasteiger partial charge is 0.237 e. The molecule has 0 saturated carbocycles. The summed E-state index contributed by atoms with van der Waals surface area (Å²) in [5.74, 6) is 0.777. The van der Waals surface area contributed by atoms with Gasteiger partial charge in [0.2, 0.25) is 0 Å². The van der Waals surface area contributed by atoms with Crippen molar-refractivity contribution in [2.75, 3.05) is 0 Å². The molecule has 35 heavy (non-hydrogen) atoms. The summed E-state index contributed by atoms with van der Waals surface area (Å²) in [7, 11) is 0. The summed E-state index contributed by atoms with van der Waals surface area (Å²) < 4.78 is 0.